The van der Waals surface area contributed by atoms with E-state index in [1.807, 2.05) is 30.3 Å². The third-order valence-electron chi connectivity index (χ3n) is 3.64. The minimum Gasteiger partial charge on any atom is -0.369 e. The fourth-order valence-corrected chi connectivity index (χ4v) is 2.73. The highest BCUT2D eigenvalue weighted by atomic mass is 16.1. The molecule has 0 saturated carbocycles. The minimum atomic E-state index is -0.238. The Kier molecular flexibility index (Phi) is 2.72. The second-order valence-corrected chi connectivity index (χ2v) is 4.70. The number of nitrogens with two attached hydrogens (primary N) is 1. The van der Waals surface area contributed by atoms with Crippen LogP contribution in [0.3, 0.4) is 0 Å². The zero-order chi connectivity index (χ0) is 12.5. The van der Waals surface area contributed by atoms with Crippen LogP contribution >= 0.6 is 0 Å². The molecule has 0 radical (unpaired) electrons. The van der Waals surface area contributed by atoms with Crippen LogP contribution in [0.4, 0.5) is 0 Å². The van der Waals surface area contributed by atoms with Gasteiger partial charge < -0.3 is 11.1 Å². The van der Waals surface area contributed by atoms with Crippen molar-refractivity contribution in [2.24, 2.45) is 11.7 Å². The van der Waals surface area contributed by atoms with Crippen molar-refractivity contribution >= 4 is 16.8 Å². The van der Waals surface area contributed by atoms with Gasteiger partial charge in [-0.05, 0) is 11.6 Å². The summed E-state index contributed by atoms with van der Waals surface area (Å²) in [6.45, 7) is 1.44. The number of aromatic nitrogens is 1. The van der Waals surface area contributed by atoms with E-state index in [1.165, 1.54) is 0 Å². The number of fused-ring (bicyclic) bond motifs is 1. The monoisotopic (exact) mass is 241 g/mol. The summed E-state index contributed by atoms with van der Waals surface area (Å²) in [7, 11) is 0. The maximum absolute atomic E-state index is 11.5. The van der Waals surface area contributed by atoms with E-state index in [0.29, 0.717) is 6.54 Å². The Hall–Kier alpha value is -1.94. The average Bonchev–Trinajstić information content (AvgIpc) is 2.87. The lowest BCUT2D eigenvalue weighted by molar-refractivity contribution is -0.121. The molecule has 0 bridgehead atoms. The number of benzene rings is 1. The van der Waals surface area contributed by atoms with E-state index in [1.54, 1.807) is 6.20 Å². The number of hydrogen-bond donors (Lipinski definition) is 2. The van der Waals surface area contributed by atoms with Crippen LogP contribution in [-0.4, -0.2) is 24.0 Å². The molecule has 2 heterocycles. The zero-order valence-corrected chi connectivity index (χ0v) is 9.97. The van der Waals surface area contributed by atoms with Crippen molar-refractivity contribution in [1.82, 2.24) is 10.3 Å². The predicted molar refractivity (Wildman–Crippen MR) is 70.0 cm³/mol. The molecule has 1 aromatic heterocycles. The highest BCUT2D eigenvalue weighted by molar-refractivity contribution is 5.84. The first kappa shape index (κ1) is 11.2. The van der Waals surface area contributed by atoms with Crippen molar-refractivity contribution in [1.29, 1.82) is 0 Å². The summed E-state index contributed by atoms with van der Waals surface area (Å²) in [4.78, 5) is 15.9. The number of rotatable bonds is 2. The average molecular weight is 241 g/mol. The van der Waals surface area contributed by atoms with Crippen molar-refractivity contribution in [2.45, 2.75) is 5.92 Å². The van der Waals surface area contributed by atoms with Crippen LogP contribution in [0.2, 0.25) is 0 Å². The van der Waals surface area contributed by atoms with Gasteiger partial charge >= 0.3 is 0 Å². The molecule has 1 aromatic carbocycles. The van der Waals surface area contributed by atoms with Gasteiger partial charge in [-0.1, -0.05) is 24.3 Å². The SMILES string of the molecule is NC(=O)C1CNCC1c1cccc2cccnc12. The van der Waals surface area contributed by atoms with Crippen LogP contribution in [-0.2, 0) is 4.79 Å². The first-order valence-electron chi connectivity index (χ1n) is 6.11. The molecule has 2 aromatic rings. The lowest BCUT2D eigenvalue weighted by Crippen LogP contribution is -2.28. The topological polar surface area (TPSA) is 68.0 Å². The Labute approximate surface area is 105 Å². The lowest BCUT2D eigenvalue weighted by Gasteiger charge is -2.17. The second kappa shape index (κ2) is 4.38. The molecule has 2 atom stereocenters. The molecule has 3 N–H and O–H groups in total. The van der Waals surface area contributed by atoms with Crippen molar-refractivity contribution in [3.63, 3.8) is 0 Å². The summed E-state index contributed by atoms with van der Waals surface area (Å²) >= 11 is 0. The summed E-state index contributed by atoms with van der Waals surface area (Å²) in [5.74, 6) is -0.253. The van der Waals surface area contributed by atoms with Crippen LogP contribution in [0, 0.1) is 5.92 Å². The van der Waals surface area contributed by atoms with Crippen LogP contribution in [0.15, 0.2) is 36.5 Å². The maximum atomic E-state index is 11.5. The quantitative estimate of drug-likeness (QED) is 0.825. The van der Waals surface area contributed by atoms with Gasteiger partial charge in [-0.2, -0.15) is 0 Å². The number of nitrogens with zero attached hydrogens (tertiary/aromatic N) is 1. The Balaban J connectivity index is 2.11. The summed E-state index contributed by atoms with van der Waals surface area (Å²) in [5.41, 5.74) is 7.56. The number of carbonyl (C=O) groups is 1. The molecule has 0 aliphatic carbocycles. The number of carbonyl (C=O) groups excluding carboxylic acids is 1. The van der Waals surface area contributed by atoms with Crippen LogP contribution in [0.25, 0.3) is 10.9 Å². The summed E-state index contributed by atoms with van der Waals surface area (Å²) in [5, 5.41) is 4.34. The van der Waals surface area contributed by atoms with E-state index in [0.717, 1.165) is 23.0 Å². The minimum absolute atomic E-state index is 0.126. The van der Waals surface area contributed by atoms with Crippen LogP contribution in [0.5, 0.6) is 0 Å². The van der Waals surface area contributed by atoms with Crippen molar-refractivity contribution in [3.8, 4) is 0 Å². The lowest BCUT2D eigenvalue weighted by atomic mass is 9.87. The van der Waals surface area contributed by atoms with E-state index in [9.17, 15) is 4.79 Å². The van der Waals surface area contributed by atoms with Gasteiger partial charge in [-0.3, -0.25) is 9.78 Å². The molecule has 1 fully saturated rings. The van der Waals surface area contributed by atoms with Gasteiger partial charge in [-0.25, -0.2) is 0 Å². The molecule has 3 rings (SSSR count). The zero-order valence-electron chi connectivity index (χ0n) is 9.97. The standard InChI is InChI=1S/C14H15N3O/c15-14(18)12-8-16-7-11(12)10-5-1-3-9-4-2-6-17-13(9)10/h1-6,11-12,16H,7-8H2,(H2,15,18). The van der Waals surface area contributed by atoms with Crippen LogP contribution < -0.4 is 11.1 Å². The Morgan fingerprint density at radius 1 is 1.28 bits per heavy atom. The Morgan fingerprint density at radius 2 is 2.11 bits per heavy atom. The second-order valence-electron chi connectivity index (χ2n) is 4.70. The van der Waals surface area contributed by atoms with Gasteiger partial charge in [0.05, 0.1) is 11.4 Å². The molecule has 2 unspecified atom stereocenters. The molecule has 18 heavy (non-hydrogen) atoms. The number of nitrogens with one attached hydrogen (secondary N) is 1. The van der Waals surface area contributed by atoms with Crippen LogP contribution in [0.1, 0.15) is 11.5 Å². The molecule has 1 aliphatic heterocycles. The first-order chi connectivity index (χ1) is 8.77. The summed E-state index contributed by atoms with van der Waals surface area (Å²) < 4.78 is 0. The molecule has 1 saturated heterocycles. The molecule has 0 spiro atoms. The van der Waals surface area contributed by atoms with E-state index in [2.05, 4.69) is 10.3 Å². The van der Waals surface area contributed by atoms with E-state index < -0.39 is 0 Å². The molecule has 4 nitrogen and oxygen atoms in total. The van der Waals surface area contributed by atoms with E-state index in [4.69, 9.17) is 5.73 Å². The van der Waals surface area contributed by atoms with Gasteiger partial charge in [0.1, 0.15) is 0 Å². The van der Waals surface area contributed by atoms with Gasteiger partial charge in [0.2, 0.25) is 5.91 Å². The largest absolute Gasteiger partial charge is 0.369 e. The third-order valence-corrected chi connectivity index (χ3v) is 3.64. The maximum Gasteiger partial charge on any atom is 0.222 e. The fourth-order valence-electron chi connectivity index (χ4n) is 2.73. The third kappa shape index (κ3) is 1.75. The Bertz CT molecular complexity index is 591. The highest BCUT2D eigenvalue weighted by Crippen LogP contribution is 2.31. The Morgan fingerprint density at radius 3 is 2.94 bits per heavy atom. The molecule has 92 valence electrons. The number of primary amides is 1. The predicted octanol–water partition coefficient (Wildman–Crippen LogP) is 1.02. The molecule has 1 amide bonds. The van der Waals surface area contributed by atoms with Crippen molar-refractivity contribution in [2.75, 3.05) is 13.1 Å². The molecular formula is C14H15N3O. The van der Waals surface area contributed by atoms with Gasteiger partial charge in [-0.15, -0.1) is 0 Å². The summed E-state index contributed by atoms with van der Waals surface area (Å²) in [6.07, 6.45) is 1.79. The van der Waals surface area contributed by atoms with Crippen molar-refractivity contribution in [3.05, 3.63) is 42.1 Å². The number of para-hydroxylation sites is 1. The van der Waals surface area contributed by atoms with Gasteiger partial charge in [0.15, 0.2) is 0 Å². The number of pyridine rings is 1. The number of amides is 1. The first-order valence-corrected chi connectivity index (χ1v) is 6.11. The van der Waals surface area contributed by atoms with E-state index in [-0.39, 0.29) is 17.7 Å². The number of hydrogen-bond acceptors (Lipinski definition) is 3. The van der Waals surface area contributed by atoms with Gasteiger partial charge in [0.25, 0.3) is 0 Å². The van der Waals surface area contributed by atoms with Crippen molar-refractivity contribution < 1.29 is 4.79 Å². The fraction of sp³-hybridized carbons (Fsp3) is 0.286. The molecular weight excluding hydrogens is 226 g/mol. The molecule has 1 aliphatic rings. The normalized spacial score (nSPS) is 23.3. The van der Waals surface area contributed by atoms with Gasteiger partial charge in [0, 0.05) is 30.6 Å². The smallest absolute Gasteiger partial charge is 0.222 e. The highest BCUT2D eigenvalue weighted by Gasteiger charge is 2.33. The summed E-state index contributed by atoms with van der Waals surface area (Å²) in [6, 6.07) is 10.0. The molecule has 4 heteroatoms. The van der Waals surface area contributed by atoms with E-state index >= 15 is 0 Å².